The first-order valence-corrected chi connectivity index (χ1v) is 27.2. The van der Waals surface area contributed by atoms with E-state index in [9.17, 15) is 24.4 Å². The number of rotatable bonds is 8. The van der Waals surface area contributed by atoms with E-state index >= 15 is 0 Å². The van der Waals surface area contributed by atoms with Gasteiger partial charge in [0.25, 0.3) is 23.6 Å². The van der Waals surface area contributed by atoms with Gasteiger partial charge in [0.2, 0.25) is 0 Å². The van der Waals surface area contributed by atoms with Crippen LogP contribution >= 0.6 is 0 Å². The fourth-order valence-electron chi connectivity index (χ4n) is 11.9. The van der Waals surface area contributed by atoms with E-state index in [1.54, 1.807) is 36.7 Å². The summed E-state index contributed by atoms with van der Waals surface area (Å²) in [5.74, 6) is 4.70. The number of amides is 4. The van der Waals surface area contributed by atoms with Crippen LogP contribution in [0.3, 0.4) is 0 Å². The number of nitriles is 1. The fraction of sp³-hybridized carbons (Fsp3) is 0.349. The maximum atomic E-state index is 13.5. The third-order valence-electron chi connectivity index (χ3n) is 16.7. The van der Waals surface area contributed by atoms with Crippen LogP contribution in [0.5, 0.6) is 5.75 Å². The summed E-state index contributed by atoms with van der Waals surface area (Å²) in [7, 11) is 0. The second kappa shape index (κ2) is 21.8. The SMILES string of the molecule is C#Cc1ccc2c(c1)COC21CCN(C(=O)c2ccc(C)c(NC(=O)c3ccc(N4CCCC4)nc3)c2)CC1.Cc1ccc(C(=O)N2CCC3(CC2)COc2cc(C#N)ccc23)cc1NC(=O)c1ccc(N2CCCC2)nc1. The number of aryl methyl sites for hydroxylation is 2. The highest BCUT2D eigenvalue weighted by Crippen LogP contribution is 2.47. The van der Waals surface area contributed by atoms with Crippen molar-refractivity contribution in [2.24, 2.45) is 0 Å². The van der Waals surface area contributed by atoms with Crippen molar-refractivity contribution in [1.29, 1.82) is 5.26 Å². The highest BCUT2D eigenvalue weighted by Gasteiger charge is 2.45. The average molecular weight is 1040 g/mol. The van der Waals surface area contributed by atoms with Gasteiger partial charge in [0.05, 0.1) is 41.6 Å². The van der Waals surface area contributed by atoms with E-state index in [1.165, 1.54) is 31.2 Å². The molecule has 15 nitrogen and oxygen atoms in total. The Bertz CT molecular complexity index is 3150. The molecule has 0 saturated carbocycles. The van der Waals surface area contributed by atoms with Crippen LogP contribution in [0, 0.1) is 37.5 Å². The molecule has 4 aromatic carbocycles. The van der Waals surface area contributed by atoms with Crippen molar-refractivity contribution in [2.75, 3.05) is 79.4 Å². The topological polar surface area (TPSA) is 173 Å². The summed E-state index contributed by atoms with van der Waals surface area (Å²) in [6, 6.07) is 32.2. The second-order valence-electron chi connectivity index (χ2n) is 21.4. The molecule has 6 aromatic rings. The number of anilines is 4. The molecule has 78 heavy (non-hydrogen) atoms. The number of ether oxygens (including phenoxy) is 2. The van der Waals surface area contributed by atoms with Crippen molar-refractivity contribution in [3.63, 3.8) is 0 Å². The standard InChI is InChI=1S/C32H32N4O3.C31H31N5O3/c1-3-23-7-10-27-26(18-23)21-39-32(27)12-16-36(17-13-32)31(38)24-8-6-22(2)28(19-24)34-30(37)25-9-11-29(33-20-25)35-14-4-5-15-35;1-21-4-6-23(17-26(21)34-29(37)24-7-9-28(33-19-24)35-12-2-3-13-35)30(38)36-14-10-31(11-15-36)20-39-27-16-22(18-32)5-8-25(27)31/h1,6-11,18-20H,4-5,12-17,21H2,2H3,(H,34,37);4-9,16-17,19H,2-3,10-15,20H2,1H3,(H,34,37). The van der Waals surface area contributed by atoms with Crippen LogP contribution in [0.25, 0.3) is 0 Å². The number of hydrogen-bond acceptors (Lipinski definition) is 11. The molecule has 2 N–H and O–H groups in total. The molecule has 396 valence electrons. The minimum absolute atomic E-state index is 0.0436. The van der Waals surface area contributed by atoms with Gasteiger partial charge in [0, 0.05) is 104 Å². The third kappa shape index (κ3) is 10.4. The largest absolute Gasteiger partial charge is 0.492 e. The molecule has 8 heterocycles. The first-order valence-electron chi connectivity index (χ1n) is 27.2. The van der Waals surface area contributed by atoms with Crippen LogP contribution in [0.1, 0.15) is 132 Å². The lowest BCUT2D eigenvalue weighted by molar-refractivity contribution is -0.0741. The number of nitrogens with one attached hydrogen (secondary N) is 2. The summed E-state index contributed by atoms with van der Waals surface area (Å²) < 4.78 is 12.2. The number of piperidine rings is 2. The minimum atomic E-state index is -0.357. The molecule has 4 saturated heterocycles. The monoisotopic (exact) mass is 1040 g/mol. The molecule has 2 aromatic heterocycles. The lowest BCUT2D eigenvalue weighted by Crippen LogP contribution is -2.46. The van der Waals surface area contributed by atoms with Crippen molar-refractivity contribution in [1.82, 2.24) is 19.8 Å². The average Bonchev–Trinajstić information content (AvgIpc) is 4.45. The van der Waals surface area contributed by atoms with E-state index in [-0.39, 0.29) is 34.6 Å². The van der Waals surface area contributed by atoms with Crippen LogP contribution < -0.4 is 25.2 Å². The van der Waals surface area contributed by atoms with E-state index in [0.29, 0.717) is 78.6 Å². The van der Waals surface area contributed by atoms with Gasteiger partial charge in [0.15, 0.2) is 0 Å². The van der Waals surface area contributed by atoms with Crippen molar-refractivity contribution in [3.8, 4) is 24.2 Å². The summed E-state index contributed by atoms with van der Waals surface area (Å²) in [6.07, 6.45) is 16.5. The van der Waals surface area contributed by atoms with Crippen molar-refractivity contribution in [2.45, 2.75) is 82.8 Å². The van der Waals surface area contributed by atoms with Gasteiger partial charge < -0.3 is 39.7 Å². The number of nitrogens with zero attached hydrogens (tertiary/aromatic N) is 7. The number of aromatic nitrogens is 2. The number of likely N-dealkylation sites (tertiary alicyclic amines) is 2. The molecule has 6 aliphatic rings. The van der Waals surface area contributed by atoms with E-state index in [1.807, 2.05) is 90.4 Å². The maximum absolute atomic E-state index is 13.5. The van der Waals surface area contributed by atoms with Gasteiger partial charge >= 0.3 is 0 Å². The van der Waals surface area contributed by atoms with Gasteiger partial charge in [-0.25, -0.2) is 9.97 Å². The predicted octanol–water partition coefficient (Wildman–Crippen LogP) is 9.57. The molecule has 0 aliphatic carbocycles. The van der Waals surface area contributed by atoms with Crippen LogP contribution in [0.15, 0.2) is 109 Å². The number of hydrogen-bond donors (Lipinski definition) is 2. The highest BCUT2D eigenvalue weighted by atomic mass is 16.5. The quantitative estimate of drug-likeness (QED) is 0.139. The van der Waals surface area contributed by atoms with Gasteiger partial charge in [-0.05, 0) is 160 Å². The molecule has 0 radical (unpaired) electrons. The summed E-state index contributed by atoms with van der Waals surface area (Å²) >= 11 is 0. The predicted molar refractivity (Wildman–Crippen MR) is 299 cm³/mol. The van der Waals surface area contributed by atoms with Crippen LogP contribution in [-0.2, 0) is 22.4 Å². The molecule has 6 aliphatic heterocycles. The zero-order valence-corrected chi connectivity index (χ0v) is 44.3. The molecule has 4 amide bonds. The maximum Gasteiger partial charge on any atom is 0.257 e. The highest BCUT2D eigenvalue weighted by molar-refractivity contribution is 6.06. The third-order valence-corrected chi connectivity index (χ3v) is 16.7. The van der Waals surface area contributed by atoms with Gasteiger partial charge in [-0.1, -0.05) is 30.2 Å². The Morgan fingerprint density at radius 2 is 1.09 bits per heavy atom. The number of carbonyl (C=O) groups is 4. The summed E-state index contributed by atoms with van der Waals surface area (Å²) in [5, 5.41) is 15.1. The Labute approximate surface area is 455 Å². The van der Waals surface area contributed by atoms with Gasteiger partial charge in [-0.3, -0.25) is 19.2 Å². The van der Waals surface area contributed by atoms with Crippen molar-refractivity contribution < 1.29 is 28.7 Å². The summed E-state index contributed by atoms with van der Waals surface area (Å²) in [4.78, 5) is 70.0. The molecule has 15 heteroatoms. The van der Waals surface area contributed by atoms with Gasteiger partial charge in [-0.15, -0.1) is 6.42 Å². The minimum Gasteiger partial charge on any atom is -0.492 e. The van der Waals surface area contributed by atoms with E-state index in [2.05, 4.69) is 48.5 Å². The Morgan fingerprint density at radius 1 is 0.590 bits per heavy atom. The molecule has 12 rings (SSSR count). The van der Waals surface area contributed by atoms with Crippen LogP contribution in [0.4, 0.5) is 23.0 Å². The van der Waals surface area contributed by atoms with Gasteiger partial charge in [-0.2, -0.15) is 5.26 Å². The zero-order chi connectivity index (χ0) is 54.0. The molecule has 2 spiro atoms. The Hall–Kier alpha value is -8.53. The smallest absolute Gasteiger partial charge is 0.257 e. The van der Waals surface area contributed by atoms with E-state index in [4.69, 9.17) is 15.9 Å². The van der Waals surface area contributed by atoms with E-state index in [0.717, 1.165) is 97.1 Å². The Kier molecular flexibility index (Phi) is 14.4. The van der Waals surface area contributed by atoms with Crippen molar-refractivity contribution in [3.05, 3.63) is 171 Å². The molecular formula is C63H63N9O6. The number of pyridine rings is 2. The molecular weight excluding hydrogens is 979 g/mol. The van der Waals surface area contributed by atoms with Crippen LogP contribution in [0.2, 0.25) is 0 Å². The zero-order valence-electron chi connectivity index (χ0n) is 44.3. The molecule has 0 unspecified atom stereocenters. The number of fused-ring (bicyclic) bond motifs is 4. The van der Waals surface area contributed by atoms with Crippen molar-refractivity contribution >= 4 is 46.6 Å². The first-order chi connectivity index (χ1) is 37.9. The Balaban J connectivity index is 0.000000165. The second-order valence-corrected chi connectivity index (χ2v) is 21.4. The summed E-state index contributed by atoms with van der Waals surface area (Å²) in [6.45, 7) is 11.4. The van der Waals surface area contributed by atoms with E-state index < -0.39 is 0 Å². The first kappa shape index (κ1) is 51.6. The molecule has 0 bridgehead atoms. The lowest BCUT2D eigenvalue weighted by Gasteiger charge is -2.39. The Morgan fingerprint density at radius 3 is 1.59 bits per heavy atom. The normalized spacial score (nSPS) is 17.5. The number of terminal acetylenes is 1. The fourth-order valence-corrected chi connectivity index (χ4v) is 11.9. The van der Waals surface area contributed by atoms with Gasteiger partial charge in [0.1, 0.15) is 17.4 Å². The molecule has 4 fully saturated rings. The lowest BCUT2D eigenvalue weighted by atomic mass is 9.74. The van der Waals surface area contributed by atoms with Crippen LogP contribution in [-0.4, -0.2) is 102 Å². The number of carbonyl (C=O) groups excluding carboxylic acids is 4. The molecule has 0 atom stereocenters. The number of benzene rings is 4. The summed E-state index contributed by atoms with van der Waals surface area (Å²) in [5.41, 5.74) is 9.55.